The maximum atomic E-state index is 12.8. The summed E-state index contributed by atoms with van der Waals surface area (Å²) in [4.78, 5) is 1.91. The molecule has 0 saturated carbocycles. The second-order valence-corrected chi connectivity index (χ2v) is 4.37. The zero-order valence-corrected chi connectivity index (χ0v) is 10.7. The van der Waals surface area contributed by atoms with Gasteiger partial charge in [0.1, 0.15) is 0 Å². The van der Waals surface area contributed by atoms with Crippen molar-refractivity contribution < 1.29 is 22.6 Å². The van der Waals surface area contributed by atoms with Crippen molar-refractivity contribution in [2.45, 2.75) is 12.8 Å². The first-order valence-electron chi connectivity index (χ1n) is 6.04. The van der Waals surface area contributed by atoms with Crippen LogP contribution < -0.4 is 4.90 Å². The molecule has 106 valence electrons. The number of morpholine rings is 1. The lowest BCUT2D eigenvalue weighted by Gasteiger charge is -2.31. The fourth-order valence-electron chi connectivity index (χ4n) is 2.12. The molecular weight excluding hydrogens is 259 g/mol. The van der Waals surface area contributed by atoms with Gasteiger partial charge in [0.2, 0.25) is 0 Å². The Morgan fingerprint density at radius 1 is 1.26 bits per heavy atom. The Balaban J connectivity index is 2.35. The van der Waals surface area contributed by atoms with E-state index in [0.717, 1.165) is 11.6 Å². The number of methoxy groups -OCH3 is 1. The van der Waals surface area contributed by atoms with E-state index >= 15 is 0 Å². The van der Waals surface area contributed by atoms with Crippen LogP contribution in [0.25, 0.3) is 0 Å². The summed E-state index contributed by atoms with van der Waals surface area (Å²) in [5.41, 5.74) is 0.714. The van der Waals surface area contributed by atoms with Gasteiger partial charge in [0.15, 0.2) is 0 Å². The Kier molecular flexibility index (Phi) is 4.31. The number of alkyl halides is 3. The number of anilines is 1. The first-order chi connectivity index (χ1) is 9.02. The third-order valence-corrected chi connectivity index (χ3v) is 3.06. The van der Waals surface area contributed by atoms with Crippen LogP contribution in [0.4, 0.5) is 18.9 Å². The Morgan fingerprint density at radius 2 is 1.95 bits per heavy atom. The van der Waals surface area contributed by atoms with Crippen LogP contribution in [0.2, 0.25) is 0 Å². The molecule has 1 heterocycles. The van der Waals surface area contributed by atoms with E-state index in [-0.39, 0.29) is 0 Å². The smallest absolute Gasteiger partial charge is 0.380 e. The van der Waals surface area contributed by atoms with Crippen LogP contribution in [-0.4, -0.2) is 33.4 Å². The van der Waals surface area contributed by atoms with Crippen LogP contribution in [0.15, 0.2) is 18.2 Å². The van der Waals surface area contributed by atoms with E-state index in [2.05, 4.69) is 0 Å². The van der Waals surface area contributed by atoms with Gasteiger partial charge in [-0.1, -0.05) is 6.07 Å². The summed E-state index contributed by atoms with van der Waals surface area (Å²) in [5.74, 6) is 0. The van der Waals surface area contributed by atoms with Crippen molar-refractivity contribution in [3.63, 3.8) is 0 Å². The van der Waals surface area contributed by atoms with E-state index in [1.807, 2.05) is 4.90 Å². The number of nitrogens with zero attached hydrogens (tertiary/aromatic N) is 1. The highest BCUT2D eigenvalue weighted by Crippen LogP contribution is 2.34. The van der Waals surface area contributed by atoms with Gasteiger partial charge in [-0.05, 0) is 12.1 Å². The van der Waals surface area contributed by atoms with E-state index in [0.29, 0.717) is 38.6 Å². The average Bonchev–Trinajstić information content (AvgIpc) is 2.39. The van der Waals surface area contributed by atoms with E-state index < -0.39 is 11.7 Å². The summed E-state index contributed by atoms with van der Waals surface area (Å²) >= 11 is 0. The number of benzene rings is 1. The molecule has 0 radical (unpaired) electrons. The van der Waals surface area contributed by atoms with E-state index in [9.17, 15) is 13.2 Å². The third-order valence-electron chi connectivity index (χ3n) is 3.06. The van der Waals surface area contributed by atoms with Gasteiger partial charge in [0.25, 0.3) is 0 Å². The van der Waals surface area contributed by atoms with Crippen molar-refractivity contribution >= 4 is 5.69 Å². The van der Waals surface area contributed by atoms with Crippen LogP contribution >= 0.6 is 0 Å². The van der Waals surface area contributed by atoms with E-state index in [4.69, 9.17) is 9.47 Å². The Hall–Kier alpha value is -1.27. The molecule has 1 fully saturated rings. The minimum atomic E-state index is -4.33. The molecule has 0 atom stereocenters. The van der Waals surface area contributed by atoms with Crippen LogP contribution in [0.5, 0.6) is 0 Å². The van der Waals surface area contributed by atoms with Crippen LogP contribution in [0, 0.1) is 0 Å². The molecule has 2 rings (SSSR count). The maximum absolute atomic E-state index is 12.8. The molecule has 19 heavy (non-hydrogen) atoms. The highest BCUT2D eigenvalue weighted by molar-refractivity contribution is 5.56. The molecule has 0 aromatic heterocycles. The predicted molar refractivity (Wildman–Crippen MR) is 65.2 cm³/mol. The molecule has 0 amide bonds. The topological polar surface area (TPSA) is 21.7 Å². The Bertz CT molecular complexity index is 428. The molecule has 1 aromatic rings. The van der Waals surface area contributed by atoms with Crippen LogP contribution in [0.3, 0.4) is 0 Å². The van der Waals surface area contributed by atoms with Gasteiger partial charge >= 0.3 is 6.18 Å². The lowest BCUT2D eigenvalue weighted by molar-refractivity contribution is -0.137. The molecule has 1 aromatic carbocycles. The second-order valence-electron chi connectivity index (χ2n) is 4.37. The first-order valence-corrected chi connectivity index (χ1v) is 6.04. The van der Waals surface area contributed by atoms with Gasteiger partial charge in [-0.2, -0.15) is 13.2 Å². The van der Waals surface area contributed by atoms with Crippen molar-refractivity contribution in [3.8, 4) is 0 Å². The predicted octanol–water partition coefficient (Wildman–Crippen LogP) is 2.69. The molecule has 3 nitrogen and oxygen atoms in total. The molecule has 6 heteroatoms. The lowest BCUT2D eigenvalue weighted by Crippen LogP contribution is -2.37. The maximum Gasteiger partial charge on any atom is 0.416 e. The number of hydrogen-bond donors (Lipinski definition) is 0. The standard InChI is InChI=1S/C13H16F3NO2/c1-18-9-10-2-3-11(13(14,15)16)8-12(10)17-4-6-19-7-5-17/h2-3,8H,4-7,9H2,1H3. The average molecular weight is 275 g/mol. The summed E-state index contributed by atoms with van der Waals surface area (Å²) in [6.45, 7) is 2.55. The van der Waals surface area contributed by atoms with Crippen molar-refractivity contribution in [3.05, 3.63) is 29.3 Å². The van der Waals surface area contributed by atoms with Crippen molar-refractivity contribution in [1.82, 2.24) is 0 Å². The fourth-order valence-corrected chi connectivity index (χ4v) is 2.12. The second kappa shape index (κ2) is 5.79. The van der Waals surface area contributed by atoms with E-state index in [1.54, 1.807) is 0 Å². The van der Waals surface area contributed by atoms with Gasteiger partial charge in [-0.25, -0.2) is 0 Å². The van der Waals surface area contributed by atoms with Crippen LogP contribution in [-0.2, 0) is 22.3 Å². The minimum Gasteiger partial charge on any atom is -0.380 e. The molecule has 0 N–H and O–H groups in total. The number of hydrogen-bond acceptors (Lipinski definition) is 3. The number of rotatable bonds is 3. The van der Waals surface area contributed by atoms with Gasteiger partial charge in [0, 0.05) is 31.5 Å². The molecule has 0 aliphatic carbocycles. The lowest BCUT2D eigenvalue weighted by atomic mass is 10.1. The summed E-state index contributed by atoms with van der Waals surface area (Å²) in [5, 5.41) is 0. The third kappa shape index (κ3) is 3.39. The number of halogens is 3. The molecule has 0 spiro atoms. The SMILES string of the molecule is COCc1ccc(C(F)(F)F)cc1N1CCOCC1. The molecule has 1 aliphatic heterocycles. The van der Waals surface area contributed by atoms with Crippen LogP contribution in [0.1, 0.15) is 11.1 Å². The quantitative estimate of drug-likeness (QED) is 0.846. The summed E-state index contributed by atoms with van der Waals surface area (Å²) in [7, 11) is 1.53. The zero-order valence-electron chi connectivity index (χ0n) is 10.7. The van der Waals surface area contributed by atoms with Gasteiger partial charge in [-0.15, -0.1) is 0 Å². The fraction of sp³-hybridized carbons (Fsp3) is 0.538. The van der Waals surface area contributed by atoms with Gasteiger partial charge in [-0.3, -0.25) is 0 Å². The van der Waals surface area contributed by atoms with Gasteiger partial charge in [0.05, 0.1) is 25.4 Å². The molecule has 0 bridgehead atoms. The Labute approximate surface area is 109 Å². The first kappa shape index (κ1) is 14.1. The van der Waals surface area contributed by atoms with Gasteiger partial charge < -0.3 is 14.4 Å². The normalized spacial score (nSPS) is 16.7. The zero-order chi connectivity index (χ0) is 13.9. The molecular formula is C13H16F3NO2. The largest absolute Gasteiger partial charge is 0.416 e. The minimum absolute atomic E-state index is 0.296. The van der Waals surface area contributed by atoms with E-state index in [1.165, 1.54) is 19.2 Å². The summed E-state index contributed by atoms with van der Waals surface area (Å²) < 4.78 is 48.6. The summed E-state index contributed by atoms with van der Waals surface area (Å²) in [6, 6.07) is 3.77. The van der Waals surface area contributed by atoms with Crippen molar-refractivity contribution in [2.75, 3.05) is 38.3 Å². The monoisotopic (exact) mass is 275 g/mol. The van der Waals surface area contributed by atoms with Crippen molar-refractivity contribution in [2.24, 2.45) is 0 Å². The molecule has 1 aliphatic rings. The highest BCUT2D eigenvalue weighted by Gasteiger charge is 2.31. The Morgan fingerprint density at radius 3 is 2.53 bits per heavy atom. The number of ether oxygens (including phenoxy) is 2. The highest BCUT2D eigenvalue weighted by atomic mass is 19.4. The molecule has 0 unspecified atom stereocenters. The van der Waals surface area contributed by atoms with Crippen molar-refractivity contribution in [1.29, 1.82) is 0 Å². The molecule has 1 saturated heterocycles. The summed E-state index contributed by atoms with van der Waals surface area (Å²) in [6.07, 6.45) is -4.33.